The van der Waals surface area contributed by atoms with Gasteiger partial charge < -0.3 is 15.4 Å². The van der Waals surface area contributed by atoms with E-state index < -0.39 is 10.0 Å². The van der Waals surface area contributed by atoms with Gasteiger partial charge in [0.05, 0.1) is 4.90 Å². The normalized spacial score (nSPS) is 22.3. The number of sulfonamides is 1. The lowest BCUT2D eigenvalue weighted by molar-refractivity contribution is 0.0678. The number of nitrogens with zero attached hydrogens (tertiary/aromatic N) is 1. The first-order valence-electron chi connectivity index (χ1n) is 8.68. The minimum Gasteiger partial charge on any atom is -0.381 e. The maximum atomic E-state index is 12.5. The quantitative estimate of drug-likeness (QED) is 0.792. The van der Waals surface area contributed by atoms with Crippen molar-refractivity contribution >= 4 is 15.9 Å². The Morgan fingerprint density at radius 2 is 2.04 bits per heavy atom. The Balaban J connectivity index is 1.68. The largest absolute Gasteiger partial charge is 0.381 e. The van der Waals surface area contributed by atoms with E-state index in [4.69, 9.17) is 10.5 Å². The predicted octanol–water partition coefficient (Wildman–Crippen LogP) is 0.565. The van der Waals surface area contributed by atoms with Crippen molar-refractivity contribution in [2.75, 3.05) is 32.8 Å². The van der Waals surface area contributed by atoms with Crippen LogP contribution < -0.4 is 10.5 Å². The fourth-order valence-corrected chi connectivity index (χ4v) is 4.37. The van der Waals surface area contributed by atoms with Crippen LogP contribution in [0.4, 0.5) is 0 Å². The first kappa shape index (κ1) is 18.3. The number of rotatable bonds is 5. The molecule has 0 aliphatic carbocycles. The van der Waals surface area contributed by atoms with Crippen LogP contribution in [0.5, 0.6) is 0 Å². The Labute approximate surface area is 148 Å². The molecule has 138 valence electrons. The van der Waals surface area contributed by atoms with Crippen LogP contribution in [-0.4, -0.2) is 58.1 Å². The lowest BCUT2D eigenvalue weighted by Crippen LogP contribution is -2.33. The molecule has 1 amide bonds. The highest BCUT2D eigenvalue weighted by Crippen LogP contribution is 2.18. The van der Waals surface area contributed by atoms with Crippen LogP contribution in [0.25, 0.3) is 0 Å². The zero-order chi connectivity index (χ0) is 17.9. The fraction of sp³-hybridized carbons (Fsp3) is 0.588. The van der Waals surface area contributed by atoms with Crippen LogP contribution in [-0.2, 0) is 14.8 Å². The van der Waals surface area contributed by atoms with Crippen molar-refractivity contribution < 1.29 is 17.9 Å². The smallest absolute Gasteiger partial charge is 0.253 e. The Morgan fingerprint density at radius 3 is 2.72 bits per heavy atom. The second-order valence-electron chi connectivity index (χ2n) is 6.74. The molecule has 1 aromatic carbocycles. The molecule has 0 aromatic heterocycles. The van der Waals surface area contributed by atoms with Crippen molar-refractivity contribution in [2.24, 2.45) is 11.7 Å². The maximum absolute atomic E-state index is 12.5. The van der Waals surface area contributed by atoms with Gasteiger partial charge in [-0.05, 0) is 43.4 Å². The molecule has 0 radical (unpaired) electrons. The summed E-state index contributed by atoms with van der Waals surface area (Å²) in [6.07, 6.45) is 2.49. The van der Waals surface area contributed by atoms with Crippen molar-refractivity contribution in [1.82, 2.24) is 9.62 Å². The molecule has 3 rings (SSSR count). The lowest BCUT2D eigenvalue weighted by atomic mass is 10.0. The number of likely N-dealkylation sites (tertiary alicyclic amines) is 1. The van der Waals surface area contributed by atoms with E-state index >= 15 is 0 Å². The van der Waals surface area contributed by atoms with Crippen LogP contribution in [0.3, 0.4) is 0 Å². The summed E-state index contributed by atoms with van der Waals surface area (Å²) in [5.74, 6) is 0.119. The van der Waals surface area contributed by atoms with E-state index in [9.17, 15) is 13.2 Å². The molecule has 2 aliphatic heterocycles. The molecule has 0 saturated carbocycles. The average Bonchev–Trinajstić information content (AvgIpc) is 3.07. The summed E-state index contributed by atoms with van der Waals surface area (Å²) in [6, 6.07) is 6.20. The van der Waals surface area contributed by atoms with Gasteiger partial charge in [0.2, 0.25) is 10.0 Å². The molecule has 7 nitrogen and oxygen atoms in total. The van der Waals surface area contributed by atoms with E-state index in [1.165, 1.54) is 12.1 Å². The molecule has 25 heavy (non-hydrogen) atoms. The number of ether oxygens (including phenoxy) is 1. The molecule has 1 unspecified atom stereocenters. The van der Waals surface area contributed by atoms with Gasteiger partial charge >= 0.3 is 0 Å². The minimum atomic E-state index is -3.64. The molecular weight excluding hydrogens is 342 g/mol. The Morgan fingerprint density at radius 1 is 1.28 bits per heavy atom. The lowest BCUT2D eigenvalue weighted by Gasteiger charge is -2.22. The number of amides is 1. The molecule has 2 saturated heterocycles. The summed E-state index contributed by atoms with van der Waals surface area (Å²) < 4.78 is 33.0. The zero-order valence-corrected chi connectivity index (χ0v) is 15.0. The third kappa shape index (κ3) is 4.58. The van der Waals surface area contributed by atoms with E-state index in [1.807, 2.05) is 0 Å². The van der Waals surface area contributed by atoms with E-state index in [1.54, 1.807) is 17.0 Å². The van der Waals surface area contributed by atoms with Crippen molar-refractivity contribution in [2.45, 2.75) is 30.2 Å². The zero-order valence-electron chi connectivity index (χ0n) is 14.2. The minimum absolute atomic E-state index is 0.00277. The molecule has 8 heteroatoms. The van der Waals surface area contributed by atoms with Gasteiger partial charge in [0.15, 0.2) is 0 Å². The number of hydrogen-bond acceptors (Lipinski definition) is 5. The second-order valence-corrected chi connectivity index (χ2v) is 8.50. The van der Waals surface area contributed by atoms with Crippen LogP contribution >= 0.6 is 0 Å². The van der Waals surface area contributed by atoms with Crippen LogP contribution in [0.2, 0.25) is 0 Å². The van der Waals surface area contributed by atoms with E-state index in [0.29, 0.717) is 44.3 Å². The number of nitrogens with two attached hydrogens (primary N) is 1. The average molecular weight is 367 g/mol. The van der Waals surface area contributed by atoms with E-state index in [2.05, 4.69) is 4.72 Å². The number of benzene rings is 1. The Hall–Kier alpha value is -1.48. The van der Waals surface area contributed by atoms with E-state index in [-0.39, 0.29) is 16.8 Å². The molecule has 2 fully saturated rings. The first-order valence-corrected chi connectivity index (χ1v) is 10.2. The third-order valence-electron chi connectivity index (χ3n) is 4.81. The third-order valence-corrected chi connectivity index (χ3v) is 6.23. The van der Waals surface area contributed by atoms with Gasteiger partial charge in [-0.25, -0.2) is 13.1 Å². The van der Waals surface area contributed by atoms with Gasteiger partial charge in [-0.15, -0.1) is 0 Å². The highest BCUT2D eigenvalue weighted by atomic mass is 32.2. The van der Waals surface area contributed by atoms with Gasteiger partial charge in [0.1, 0.15) is 0 Å². The number of hydrogen-bond donors (Lipinski definition) is 2. The van der Waals surface area contributed by atoms with Crippen molar-refractivity contribution in [1.29, 1.82) is 0 Å². The van der Waals surface area contributed by atoms with Crippen LogP contribution in [0, 0.1) is 5.92 Å². The molecule has 2 heterocycles. The maximum Gasteiger partial charge on any atom is 0.253 e. The van der Waals surface area contributed by atoms with Crippen molar-refractivity contribution in [3.63, 3.8) is 0 Å². The van der Waals surface area contributed by atoms with Gasteiger partial charge in [-0.3, -0.25) is 4.79 Å². The molecule has 0 bridgehead atoms. The summed E-state index contributed by atoms with van der Waals surface area (Å²) in [6.45, 7) is 2.87. The Bertz CT molecular complexity index is 716. The van der Waals surface area contributed by atoms with Gasteiger partial charge in [0.25, 0.3) is 5.91 Å². The van der Waals surface area contributed by atoms with Crippen LogP contribution in [0.1, 0.15) is 29.6 Å². The molecular formula is C17H25N3O4S. The molecule has 2 aliphatic rings. The molecule has 1 aromatic rings. The number of carbonyl (C=O) groups excluding carboxylic acids is 1. The highest BCUT2D eigenvalue weighted by Gasteiger charge is 2.26. The summed E-state index contributed by atoms with van der Waals surface area (Å²) in [5, 5.41) is 0. The van der Waals surface area contributed by atoms with Gasteiger partial charge in [0, 0.05) is 44.5 Å². The topological polar surface area (TPSA) is 102 Å². The summed E-state index contributed by atoms with van der Waals surface area (Å²) in [7, 11) is -3.64. The first-order chi connectivity index (χ1) is 12.0. The predicted molar refractivity (Wildman–Crippen MR) is 93.7 cm³/mol. The summed E-state index contributed by atoms with van der Waals surface area (Å²) >= 11 is 0. The fourth-order valence-electron chi connectivity index (χ4n) is 3.21. The molecule has 3 N–H and O–H groups in total. The van der Waals surface area contributed by atoms with Gasteiger partial charge in [-0.1, -0.05) is 6.07 Å². The monoisotopic (exact) mass is 367 g/mol. The highest BCUT2D eigenvalue weighted by molar-refractivity contribution is 7.89. The number of nitrogens with one attached hydrogen (secondary N) is 1. The second kappa shape index (κ2) is 7.82. The molecule has 0 spiro atoms. The number of carbonyl (C=O) groups is 1. The molecule has 1 atom stereocenters. The van der Waals surface area contributed by atoms with Crippen LogP contribution in [0.15, 0.2) is 29.2 Å². The standard InChI is InChI=1S/C17H25N3O4S/c18-15-4-7-20(12-15)17(21)14-2-1-3-16(10-14)25(22,23)19-11-13-5-8-24-9-6-13/h1-3,10,13,15,19H,4-9,11-12,18H2. The SMILES string of the molecule is NC1CCN(C(=O)c2cccc(S(=O)(=O)NCC3CCOCC3)c2)C1. The van der Waals surface area contributed by atoms with Crippen molar-refractivity contribution in [3.05, 3.63) is 29.8 Å². The van der Waals surface area contributed by atoms with E-state index in [0.717, 1.165) is 19.3 Å². The van der Waals surface area contributed by atoms with Crippen molar-refractivity contribution in [3.8, 4) is 0 Å². The Kier molecular flexibility index (Phi) is 5.73. The summed E-state index contributed by atoms with van der Waals surface area (Å²) in [5.41, 5.74) is 6.22. The summed E-state index contributed by atoms with van der Waals surface area (Å²) in [4.78, 5) is 14.3. The van der Waals surface area contributed by atoms with Gasteiger partial charge in [-0.2, -0.15) is 0 Å².